The van der Waals surface area contributed by atoms with Gasteiger partial charge in [-0.2, -0.15) is 23.5 Å². The van der Waals surface area contributed by atoms with Crippen molar-refractivity contribution >= 4 is 0 Å². The topological polar surface area (TPSA) is 41.6 Å². The van der Waals surface area contributed by atoms with Gasteiger partial charge in [0, 0.05) is 5.69 Å². The molecular formula is C10H12F3N3. The van der Waals surface area contributed by atoms with E-state index in [0.717, 1.165) is 6.07 Å². The molecule has 88 valence electrons. The Kier molecular flexibility index (Phi) is 3.58. The lowest BCUT2D eigenvalue weighted by Gasteiger charge is -2.13. The van der Waals surface area contributed by atoms with Gasteiger partial charge in [0.15, 0.2) is 5.69 Å². The molecule has 0 radical (unpaired) electrons. The standard InChI is InChI=1S/C10H12F3N3/c1-3-8(4-5-14)16-7(2)6-9(15-16)10(11,12)13/h6,8H,3-4H2,1-2H3/t8-/m0/s1. The second-order valence-corrected chi connectivity index (χ2v) is 3.54. The molecule has 6 heteroatoms. The van der Waals surface area contributed by atoms with Crippen molar-refractivity contribution in [1.82, 2.24) is 9.78 Å². The summed E-state index contributed by atoms with van der Waals surface area (Å²) in [6.45, 7) is 3.37. The van der Waals surface area contributed by atoms with Crippen molar-refractivity contribution in [3.05, 3.63) is 17.5 Å². The summed E-state index contributed by atoms with van der Waals surface area (Å²) in [4.78, 5) is 0. The highest BCUT2D eigenvalue weighted by molar-refractivity contribution is 5.12. The van der Waals surface area contributed by atoms with Crippen LogP contribution in [0.2, 0.25) is 0 Å². The van der Waals surface area contributed by atoms with Crippen LogP contribution in [0.15, 0.2) is 6.07 Å². The summed E-state index contributed by atoms with van der Waals surface area (Å²) in [5, 5.41) is 12.1. The normalized spacial score (nSPS) is 13.5. The summed E-state index contributed by atoms with van der Waals surface area (Å²) in [6, 6.07) is 2.66. The summed E-state index contributed by atoms with van der Waals surface area (Å²) in [5.41, 5.74) is -0.476. The Bertz CT molecular complexity index is 400. The van der Waals surface area contributed by atoms with Crippen LogP contribution in [0.1, 0.15) is 37.2 Å². The molecule has 0 aromatic carbocycles. The van der Waals surface area contributed by atoms with E-state index in [4.69, 9.17) is 5.26 Å². The van der Waals surface area contributed by atoms with E-state index in [2.05, 4.69) is 5.10 Å². The predicted molar refractivity (Wildman–Crippen MR) is 51.5 cm³/mol. The summed E-state index contributed by atoms with van der Waals surface area (Å²) in [6.07, 6.45) is -3.69. The molecule has 0 aliphatic carbocycles. The van der Waals surface area contributed by atoms with Crippen LogP contribution in [0.5, 0.6) is 0 Å². The number of nitrogens with zero attached hydrogens (tertiary/aromatic N) is 3. The number of rotatable bonds is 3. The second kappa shape index (κ2) is 4.56. The monoisotopic (exact) mass is 231 g/mol. The lowest BCUT2D eigenvalue weighted by Crippen LogP contribution is -2.13. The third-order valence-electron chi connectivity index (χ3n) is 2.36. The summed E-state index contributed by atoms with van der Waals surface area (Å²) in [5.74, 6) is 0. The summed E-state index contributed by atoms with van der Waals surface area (Å²) < 4.78 is 38.5. The molecule has 3 nitrogen and oxygen atoms in total. The Morgan fingerprint density at radius 1 is 1.56 bits per heavy atom. The van der Waals surface area contributed by atoms with E-state index in [1.165, 1.54) is 4.68 Å². The molecule has 1 aromatic rings. The molecule has 0 amide bonds. The first-order valence-corrected chi connectivity index (χ1v) is 4.90. The van der Waals surface area contributed by atoms with Crippen LogP contribution in [-0.2, 0) is 6.18 Å². The Labute approximate surface area is 91.5 Å². The van der Waals surface area contributed by atoms with E-state index >= 15 is 0 Å². The van der Waals surface area contributed by atoms with E-state index < -0.39 is 11.9 Å². The largest absolute Gasteiger partial charge is 0.435 e. The number of alkyl halides is 3. The van der Waals surface area contributed by atoms with E-state index in [1.54, 1.807) is 6.92 Å². The number of aryl methyl sites for hydroxylation is 1. The number of aromatic nitrogens is 2. The molecule has 0 aliphatic rings. The summed E-state index contributed by atoms with van der Waals surface area (Å²) >= 11 is 0. The fourth-order valence-corrected chi connectivity index (χ4v) is 1.51. The van der Waals surface area contributed by atoms with Crippen LogP contribution in [-0.4, -0.2) is 9.78 Å². The molecule has 1 atom stereocenters. The molecule has 1 heterocycles. The Hall–Kier alpha value is -1.51. The third-order valence-corrected chi connectivity index (χ3v) is 2.36. The van der Waals surface area contributed by atoms with Gasteiger partial charge in [0.1, 0.15) is 0 Å². The lowest BCUT2D eigenvalue weighted by molar-refractivity contribution is -0.141. The van der Waals surface area contributed by atoms with Crippen LogP contribution in [0, 0.1) is 18.3 Å². The molecule has 0 saturated carbocycles. The van der Waals surface area contributed by atoms with Gasteiger partial charge in [0.2, 0.25) is 0 Å². The van der Waals surface area contributed by atoms with Crippen molar-refractivity contribution in [3.8, 4) is 6.07 Å². The molecule has 1 rings (SSSR count). The van der Waals surface area contributed by atoms with Gasteiger partial charge in [-0.3, -0.25) is 4.68 Å². The maximum Gasteiger partial charge on any atom is 0.435 e. The van der Waals surface area contributed by atoms with Crippen molar-refractivity contribution in [2.75, 3.05) is 0 Å². The van der Waals surface area contributed by atoms with Crippen LogP contribution in [0.3, 0.4) is 0 Å². The fraction of sp³-hybridized carbons (Fsp3) is 0.600. The first kappa shape index (κ1) is 12.6. The molecule has 0 N–H and O–H groups in total. The van der Waals surface area contributed by atoms with Crippen LogP contribution < -0.4 is 0 Å². The molecule has 0 aliphatic heterocycles. The molecular weight excluding hydrogens is 219 g/mol. The fourth-order valence-electron chi connectivity index (χ4n) is 1.51. The highest BCUT2D eigenvalue weighted by Crippen LogP contribution is 2.30. The zero-order chi connectivity index (χ0) is 12.3. The SMILES string of the molecule is CC[C@@H](CC#N)n1nc(C(F)(F)F)cc1C. The van der Waals surface area contributed by atoms with Gasteiger partial charge in [0.05, 0.1) is 18.5 Å². The van der Waals surface area contributed by atoms with Gasteiger partial charge in [-0.25, -0.2) is 0 Å². The van der Waals surface area contributed by atoms with Crippen molar-refractivity contribution < 1.29 is 13.2 Å². The van der Waals surface area contributed by atoms with Crippen LogP contribution >= 0.6 is 0 Å². The average Bonchev–Trinajstić information content (AvgIpc) is 2.56. The smallest absolute Gasteiger partial charge is 0.265 e. The van der Waals surface area contributed by atoms with Gasteiger partial charge in [-0.15, -0.1) is 0 Å². The summed E-state index contributed by atoms with van der Waals surface area (Å²) in [7, 11) is 0. The molecule has 16 heavy (non-hydrogen) atoms. The van der Waals surface area contributed by atoms with E-state index in [0.29, 0.717) is 12.1 Å². The minimum absolute atomic E-state index is 0.163. The number of hydrogen-bond donors (Lipinski definition) is 0. The minimum atomic E-state index is -4.43. The maximum atomic E-state index is 12.4. The van der Waals surface area contributed by atoms with Gasteiger partial charge in [-0.1, -0.05) is 6.92 Å². The zero-order valence-electron chi connectivity index (χ0n) is 9.04. The molecule has 1 aromatic heterocycles. The Morgan fingerprint density at radius 3 is 2.56 bits per heavy atom. The van der Waals surface area contributed by atoms with Crippen molar-refractivity contribution in [2.24, 2.45) is 0 Å². The first-order valence-electron chi connectivity index (χ1n) is 4.90. The number of nitriles is 1. The van der Waals surface area contributed by atoms with Crippen molar-refractivity contribution in [3.63, 3.8) is 0 Å². The molecule has 0 saturated heterocycles. The Morgan fingerprint density at radius 2 is 2.19 bits per heavy atom. The highest BCUT2D eigenvalue weighted by Gasteiger charge is 2.34. The van der Waals surface area contributed by atoms with E-state index in [9.17, 15) is 13.2 Å². The van der Waals surface area contributed by atoms with Crippen molar-refractivity contribution in [2.45, 2.75) is 38.9 Å². The van der Waals surface area contributed by atoms with Crippen molar-refractivity contribution in [1.29, 1.82) is 5.26 Å². The van der Waals surface area contributed by atoms with Gasteiger partial charge in [0.25, 0.3) is 0 Å². The van der Waals surface area contributed by atoms with Gasteiger partial charge < -0.3 is 0 Å². The first-order chi connectivity index (χ1) is 7.40. The lowest BCUT2D eigenvalue weighted by atomic mass is 10.1. The number of halogens is 3. The third kappa shape index (κ3) is 2.54. The van der Waals surface area contributed by atoms with E-state index in [-0.39, 0.29) is 12.5 Å². The van der Waals surface area contributed by atoms with Crippen LogP contribution in [0.25, 0.3) is 0 Å². The minimum Gasteiger partial charge on any atom is -0.265 e. The van der Waals surface area contributed by atoms with Crippen LogP contribution in [0.4, 0.5) is 13.2 Å². The molecule has 0 bridgehead atoms. The Balaban J connectivity index is 3.06. The van der Waals surface area contributed by atoms with E-state index in [1.807, 2.05) is 13.0 Å². The average molecular weight is 231 g/mol. The quantitative estimate of drug-likeness (QED) is 0.802. The highest BCUT2D eigenvalue weighted by atomic mass is 19.4. The van der Waals surface area contributed by atoms with Gasteiger partial charge >= 0.3 is 6.18 Å². The zero-order valence-corrected chi connectivity index (χ0v) is 9.04. The molecule has 0 spiro atoms. The molecule has 0 fully saturated rings. The second-order valence-electron chi connectivity index (χ2n) is 3.54. The van der Waals surface area contributed by atoms with Gasteiger partial charge in [-0.05, 0) is 19.4 Å². The maximum absolute atomic E-state index is 12.4. The number of hydrogen-bond acceptors (Lipinski definition) is 2. The molecule has 0 unspecified atom stereocenters. The predicted octanol–water partition coefficient (Wildman–Crippen LogP) is 3.08.